The van der Waals surface area contributed by atoms with Gasteiger partial charge >= 0.3 is 5.97 Å². The maximum atomic E-state index is 10.1. The van der Waals surface area contributed by atoms with Gasteiger partial charge in [-0.1, -0.05) is 0 Å². The van der Waals surface area contributed by atoms with Crippen molar-refractivity contribution in [1.29, 1.82) is 0 Å². The van der Waals surface area contributed by atoms with E-state index in [9.17, 15) is 4.79 Å². The summed E-state index contributed by atoms with van der Waals surface area (Å²) in [4.78, 5) is 10.1. The first-order valence-corrected chi connectivity index (χ1v) is 2.95. The van der Waals surface area contributed by atoms with E-state index < -0.39 is 11.7 Å². The average Bonchev–Trinajstić information content (AvgIpc) is 1.84. The van der Waals surface area contributed by atoms with Gasteiger partial charge < -0.3 is 15.9 Å². The molecule has 0 unspecified atom stereocenters. The predicted molar refractivity (Wildman–Crippen MR) is 35.1 cm³/mol. The van der Waals surface area contributed by atoms with Gasteiger partial charge in [0.2, 0.25) is 5.72 Å². The van der Waals surface area contributed by atoms with Crippen LogP contribution in [0.3, 0.4) is 0 Å². The van der Waals surface area contributed by atoms with E-state index in [0.717, 1.165) is 0 Å². The number of aliphatic hydroxyl groups is 1. The van der Waals surface area contributed by atoms with E-state index in [0.29, 0.717) is 13.0 Å². The molecule has 0 aliphatic heterocycles. The molecule has 5 nitrogen and oxygen atoms in total. The lowest BCUT2D eigenvalue weighted by molar-refractivity contribution is -0.158. The van der Waals surface area contributed by atoms with Crippen molar-refractivity contribution in [3.05, 3.63) is 0 Å². The Hall–Kier alpha value is -0.650. The van der Waals surface area contributed by atoms with Gasteiger partial charge in [-0.15, -0.1) is 0 Å². The number of rotatable bonds is 4. The molecule has 0 heterocycles. The molecule has 6 N–H and O–H groups in total. The fourth-order valence-electron chi connectivity index (χ4n) is 0.479. The van der Waals surface area contributed by atoms with Gasteiger partial charge in [-0.25, -0.2) is 4.79 Å². The van der Waals surface area contributed by atoms with Crippen molar-refractivity contribution < 1.29 is 15.0 Å². The smallest absolute Gasteiger partial charge is 0.350 e. The van der Waals surface area contributed by atoms with Gasteiger partial charge in [0.1, 0.15) is 0 Å². The fraction of sp³-hybridized carbons (Fsp3) is 0.800. The number of hydrogen-bond donors (Lipinski definition) is 4. The molecule has 1 atom stereocenters. The summed E-state index contributed by atoms with van der Waals surface area (Å²) in [5.74, 6) is -1.42. The van der Waals surface area contributed by atoms with Crippen molar-refractivity contribution >= 4 is 5.97 Å². The molecule has 0 aromatic carbocycles. The Morgan fingerprint density at radius 2 is 2.10 bits per heavy atom. The molecule has 0 aromatic rings. The third-order valence-corrected chi connectivity index (χ3v) is 1.13. The third-order valence-electron chi connectivity index (χ3n) is 1.13. The van der Waals surface area contributed by atoms with Crippen LogP contribution in [-0.4, -0.2) is 28.5 Å². The van der Waals surface area contributed by atoms with Gasteiger partial charge in [0.25, 0.3) is 0 Å². The molecule has 0 amide bonds. The lowest BCUT2D eigenvalue weighted by Crippen LogP contribution is -2.47. The van der Waals surface area contributed by atoms with Crippen molar-refractivity contribution in [3.8, 4) is 0 Å². The molecule has 0 aromatic heterocycles. The van der Waals surface area contributed by atoms with Gasteiger partial charge in [-0.2, -0.15) is 0 Å². The van der Waals surface area contributed by atoms with Crippen molar-refractivity contribution in [2.45, 2.75) is 18.6 Å². The number of carbonyl (C=O) groups is 1. The second-order valence-electron chi connectivity index (χ2n) is 2.12. The van der Waals surface area contributed by atoms with E-state index in [-0.39, 0.29) is 6.42 Å². The van der Waals surface area contributed by atoms with Gasteiger partial charge in [0.05, 0.1) is 0 Å². The number of aliphatic carboxylic acids is 1. The summed E-state index contributed by atoms with van der Waals surface area (Å²) >= 11 is 0. The van der Waals surface area contributed by atoms with Gasteiger partial charge in [0.15, 0.2) is 0 Å². The quantitative estimate of drug-likeness (QED) is 0.361. The fourth-order valence-corrected chi connectivity index (χ4v) is 0.479. The molecule has 0 spiro atoms. The zero-order valence-corrected chi connectivity index (χ0v) is 5.58. The first-order valence-electron chi connectivity index (χ1n) is 2.95. The van der Waals surface area contributed by atoms with Crippen molar-refractivity contribution in [3.63, 3.8) is 0 Å². The molecule has 0 saturated heterocycles. The maximum Gasteiger partial charge on any atom is 0.350 e. The van der Waals surface area contributed by atoms with Crippen LogP contribution in [0.1, 0.15) is 12.8 Å². The SMILES string of the molecule is NCCC[C@@](N)(O)C(=O)O. The Kier molecular flexibility index (Phi) is 3.27. The van der Waals surface area contributed by atoms with Gasteiger partial charge in [-0.3, -0.25) is 5.73 Å². The van der Waals surface area contributed by atoms with E-state index >= 15 is 0 Å². The van der Waals surface area contributed by atoms with Crippen molar-refractivity contribution in [2.24, 2.45) is 11.5 Å². The largest absolute Gasteiger partial charge is 0.478 e. The van der Waals surface area contributed by atoms with Gasteiger partial charge in [-0.05, 0) is 13.0 Å². The summed E-state index contributed by atoms with van der Waals surface area (Å²) < 4.78 is 0. The van der Waals surface area contributed by atoms with E-state index in [2.05, 4.69) is 0 Å². The normalized spacial score (nSPS) is 16.3. The maximum absolute atomic E-state index is 10.1. The summed E-state index contributed by atoms with van der Waals surface area (Å²) in [5.41, 5.74) is 7.91. The predicted octanol–water partition coefficient (Wildman–Crippen LogP) is -1.54. The number of nitrogens with two attached hydrogens (primary N) is 2. The van der Waals surface area contributed by atoms with Crippen LogP contribution in [0, 0.1) is 0 Å². The molecular formula is C5H12N2O3. The number of carboxylic acids is 1. The first-order chi connectivity index (χ1) is 4.50. The van der Waals surface area contributed by atoms with Crippen LogP contribution >= 0.6 is 0 Å². The molecular weight excluding hydrogens is 136 g/mol. The highest BCUT2D eigenvalue weighted by Gasteiger charge is 2.29. The topological polar surface area (TPSA) is 110 Å². The number of hydrogen-bond acceptors (Lipinski definition) is 4. The highest BCUT2D eigenvalue weighted by atomic mass is 16.4. The van der Waals surface area contributed by atoms with Gasteiger partial charge in [0, 0.05) is 6.42 Å². The first kappa shape index (κ1) is 9.35. The Morgan fingerprint density at radius 1 is 1.60 bits per heavy atom. The van der Waals surface area contributed by atoms with Crippen LogP contribution in [0.25, 0.3) is 0 Å². The molecule has 0 radical (unpaired) electrons. The molecule has 0 bridgehead atoms. The highest BCUT2D eigenvalue weighted by Crippen LogP contribution is 2.03. The summed E-state index contributed by atoms with van der Waals surface area (Å²) in [6.45, 7) is 0.326. The number of carboxylic acid groups (broad SMARTS) is 1. The molecule has 0 aliphatic carbocycles. The second kappa shape index (κ2) is 3.50. The van der Waals surface area contributed by atoms with Crippen molar-refractivity contribution in [1.82, 2.24) is 0 Å². The van der Waals surface area contributed by atoms with Crippen LogP contribution in [0.2, 0.25) is 0 Å². The van der Waals surface area contributed by atoms with E-state index in [1.165, 1.54) is 0 Å². The Morgan fingerprint density at radius 3 is 2.40 bits per heavy atom. The van der Waals surface area contributed by atoms with Crippen LogP contribution in [-0.2, 0) is 4.79 Å². The van der Waals surface area contributed by atoms with Crippen LogP contribution in [0.4, 0.5) is 0 Å². The highest BCUT2D eigenvalue weighted by molar-refractivity contribution is 5.75. The molecule has 0 saturated carbocycles. The molecule has 0 rings (SSSR count). The van der Waals surface area contributed by atoms with E-state index in [1.54, 1.807) is 0 Å². The minimum atomic E-state index is -2.11. The second-order valence-corrected chi connectivity index (χ2v) is 2.12. The molecule has 60 valence electrons. The zero-order valence-electron chi connectivity index (χ0n) is 5.58. The standard InChI is InChI=1S/C5H12N2O3/c6-3-1-2-5(7,10)4(8)9/h10H,1-3,6-7H2,(H,8,9)/t5-/m1/s1. The molecule has 5 heteroatoms. The average molecular weight is 148 g/mol. The lowest BCUT2D eigenvalue weighted by atomic mass is 10.1. The summed E-state index contributed by atoms with van der Waals surface area (Å²) in [6, 6.07) is 0. The zero-order chi connectivity index (χ0) is 8.20. The van der Waals surface area contributed by atoms with Crippen LogP contribution < -0.4 is 11.5 Å². The molecule has 10 heavy (non-hydrogen) atoms. The summed E-state index contributed by atoms with van der Waals surface area (Å²) in [5, 5.41) is 17.1. The lowest BCUT2D eigenvalue weighted by Gasteiger charge is -2.16. The summed E-state index contributed by atoms with van der Waals surface area (Å²) in [6.07, 6.45) is 0.387. The molecule has 0 fully saturated rings. The van der Waals surface area contributed by atoms with Crippen molar-refractivity contribution in [2.75, 3.05) is 6.54 Å². The Balaban J connectivity index is 3.75. The van der Waals surface area contributed by atoms with E-state index in [4.69, 9.17) is 21.7 Å². The van der Waals surface area contributed by atoms with Crippen LogP contribution in [0.15, 0.2) is 0 Å². The Bertz CT molecular complexity index is 124. The Labute approximate surface area is 58.6 Å². The van der Waals surface area contributed by atoms with E-state index in [1.807, 2.05) is 0 Å². The third kappa shape index (κ3) is 2.77. The minimum absolute atomic E-state index is 0.0150. The minimum Gasteiger partial charge on any atom is -0.478 e. The molecule has 0 aliphatic rings. The summed E-state index contributed by atoms with van der Waals surface area (Å²) in [7, 11) is 0. The van der Waals surface area contributed by atoms with Crippen LogP contribution in [0.5, 0.6) is 0 Å². The monoisotopic (exact) mass is 148 g/mol.